The van der Waals surface area contributed by atoms with E-state index < -0.39 is 17.1 Å². The van der Waals surface area contributed by atoms with Crippen LogP contribution in [0, 0.1) is 17.2 Å². The monoisotopic (exact) mass is 716 g/mol. The van der Waals surface area contributed by atoms with Crippen molar-refractivity contribution in [1.82, 2.24) is 5.32 Å². The van der Waals surface area contributed by atoms with Gasteiger partial charge < -0.3 is 25.1 Å². The van der Waals surface area contributed by atoms with E-state index in [9.17, 15) is 19.6 Å². The number of para-hydroxylation sites is 1. The molecule has 1 aliphatic rings. The normalized spacial score (nSPS) is 14.5. The number of hydrogen-bond acceptors (Lipinski definition) is 8. The molecule has 0 aliphatic heterocycles. The van der Waals surface area contributed by atoms with Gasteiger partial charge in [0.15, 0.2) is 0 Å². The molecule has 258 valence electrons. The quantitative estimate of drug-likeness (QED) is 0.0922. The summed E-state index contributed by atoms with van der Waals surface area (Å²) in [6, 6.07) is 28.9. The molecule has 1 aliphatic carbocycles. The number of fused-ring (bicyclic) bond motifs is 1. The number of anilines is 2. The van der Waals surface area contributed by atoms with Gasteiger partial charge in [-0.15, -0.1) is 23.1 Å². The zero-order chi connectivity index (χ0) is 35.9. The fraction of sp³-hybridized carbons (Fsp3) is 0.200. The number of benzene rings is 3. The summed E-state index contributed by atoms with van der Waals surface area (Å²) in [7, 11) is 1.58. The number of nitriles is 1. The van der Waals surface area contributed by atoms with E-state index in [1.165, 1.54) is 34.1 Å². The van der Waals surface area contributed by atoms with E-state index in [0.717, 1.165) is 35.3 Å². The van der Waals surface area contributed by atoms with Gasteiger partial charge in [-0.2, -0.15) is 5.26 Å². The Hall–Kier alpha value is -5.57. The number of methoxy groups -OCH3 is 1. The molecule has 2 heterocycles. The van der Waals surface area contributed by atoms with Gasteiger partial charge in [0, 0.05) is 27.1 Å². The second-order valence-corrected chi connectivity index (χ2v) is 14.7. The van der Waals surface area contributed by atoms with Crippen molar-refractivity contribution in [2.75, 3.05) is 17.7 Å². The van der Waals surface area contributed by atoms with Crippen LogP contribution in [0.5, 0.6) is 5.75 Å². The molecule has 0 bridgehead atoms. The first-order chi connectivity index (χ1) is 24.7. The molecule has 6 rings (SSSR count). The van der Waals surface area contributed by atoms with Gasteiger partial charge in [-0.25, -0.2) is 0 Å². The van der Waals surface area contributed by atoms with Crippen LogP contribution >= 0.6 is 23.1 Å². The van der Waals surface area contributed by atoms with E-state index in [0.29, 0.717) is 45.0 Å². The first kappa shape index (κ1) is 35.3. The number of rotatable bonds is 11. The van der Waals surface area contributed by atoms with Gasteiger partial charge >= 0.3 is 0 Å². The molecule has 0 saturated carbocycles. The van der Waals surface area contributed by atoms with Gasteiger partial charge in [-0.05, 0) is 98.3 Å². The average Bonchev–Trinajstić information content (AvgIpc) is 3.75. The molecule has 0 fully saturated rings. The largest absolute Gasteiger partial charge is 0.496 e. The highest BCUT2D eigenvalue weighted by Crippen LogP contribution is 2.40. The van der Waals surface area contributed by atoms with Crippen LogP contribution in [-0.2, 0) is 22.4 Å². The highest BCUT2D eigenvalue weighted by molar-refractivity contribution is 8.00. The Morgan fingerprint density at radius 2 is 1.75 bits per heavy atom. The summed E-state index contributed by atoms with van der Waals surface area (Å²) in [5, 5.41) is 18.6. The molecular weight excluding hydrogens is 681 g/mol. The Morgan fingerprint density at radius 1 is 1.00 bits per heavy atom. The van der Waals surface area contributed by atoms with Crippen molar-refractivity contribution in [2.24, 2.45) is 5.92 Å². The summed E-state index contributed by atoms with van der Waals surface area (Å²) < 4.78 is 11.5. The topological polar surface area (TPSA) is 133 Å². The number of nitrogens with zero attached hydrogens (tertiary/aromatic N) is 1. The van der Waals surface area contributed by atoms with Crippen LogP contribution in [0.15, 0.2) is 106 Å². The smallest absolute Gasteiger partial charge is 0.272 e. The second-order valence-electron chi connectivity index (χ2n) is 12.2. The molecule has 0 saturated heterocycles. The fourth-order valence-electron chi connectivity index (χ4n) is 5.75. The molecule has 2 unspecified atom stereocenters. The maximum absolute atomic E-state index is 13.6. The lowest BCUT2D eigenvalue weighted by Gasteiger charge is -2.17. The maximum Gasteiger partial charge on any atom is 0.272 e. The fourth-order valence-corrected chi connectivity index (χ4v) is 7.98. The first-order valence-electron chi connectivity index (χ1n) is 16.5. The van der Waals surface area contributed by atoms with Gasteiger partial charge in [0.05, 0.1) is 23.5 Å². The zero-order valence-electron chi connectivity index (χ0n) is 28.3. The Kier molecular flexibility index (Phi) is 11.0. The minimum absolute atomic E-state index is 0.0185. The third-order valence-corrected chi connectivity index (χ3v) is 10.8. The third-order valence-electron chi connectivity index (χ3n) is 8.47. The van der Waals surface area contributed by atoms with Gasteiger partial charge in [0.1, 0.15) is 34.0 Å². The zero-order valence-corrected chi connectivity index (χ0v) is 30.0. The van der Waals surface area contributed by atoms with Crippen LogP contribution in [0.2, 0.25) is 0 Å². The van der Waals surface area contributed by atoms with E-state index in [1.54, 1.807) is 61.7 Å². The molecule has 2 aromatic heterocycles. The van der Waals surface area contributed by atoms with Crippen molar-refractivity contribution >= 4 is 57.6 Å². The van der Waals surface area contributed by atoms with Crippen molar-refractivity contribution in [3.05, 3.63) is 124 Å². The SMILES string of the molecule is COc1ccccc1-c1ccc(C=C(NC(=O)c2ccccc2)C(=O)Nc2ccc(SC(C)C(=O)Nc3sc4c(c3C#N)CCC(C)C4)cc2)o1. The van der Waals surface area contributed by atoms with Crippen LogP contribution in [0.4, 0.5) is 10.7 Å². The van der Waals surface area contributed by atoms with Crippen molar-refractivity contribution in [2.45, 2.75) is 43.3 Å². The molecule has 9 nitrogen and oxygen atoms in total. The summed E-state index contributed by atoms with van der Waals surface area (Å²) >= 11 is 2.88. The summed E-state index contributed by atoms with van der Waals surface area (Å²) in [5.74, 6) is 0.912. The van der Waals surface area contributed by atoms with Gasteiger partial charge in [-0.1, -0.05) is 37.3 Å². The standard InChI is InChI=1S/C40H36N4O5S2/c1-24-13-19-30-32(23-41)40(51-36(30)21-24)44-37(45)25(2)50-29-17-14-27(15-18-29)42-39(47)33(43-38(46)26-9-5-4-6-10-26)22-28-16-20-35(49-28)31-11-7-8-12-34(31)48-3/h4-12,14-18,20,22,24-25H,13,19,21H2,1-3H3,(H,42,47)(H,43,46)(H,44,45). The second kappa shape index (κ2) is 16.0. The summed E-state index contributed by atoms with van der Waals surface area (Å²) in [5.41, 5.74) is 3.28. The highest BCUT2D eigenvalue weighted by Gasteiger charge is 2.26. The molecule has 0 spiro atoms. The van der Waals surface area contributed by atoms with E-state index in [4.69, 9.17) is 9.15 Å². The lowest BCUT2D eigenvalue weighted by molar-refractivity contribution is -0.115. The molecule has 11 heteroatoms. The van der Waals surface area contributed by atoms with Crippen LogP contribution in [-0.4, -0.2) is 30.1 Å². The van der Waals surface area contributed by atoms with E-state index in [2.05, 4.69) is 28.9 Å². The van der Waals surface area contributed by atoms with E-state index in [1.807, 2.05) is 43.3 Å². The Bertz CT molecular complexity index is 2130. The number of amides is 3. The predicted octanol–water partition coefficient (Wildman–Crippen LogP) is 8.54. The number of furan rings is 1. The van der Waals surface area contributed by atoms with Crippen LogP contribution in [0.1, 0.15) is 52.4 Å². The molecule has 51 heavy (non-hydrogen) atoms. The molecule has 0 radical (unpaired) electrons. The molecule has 2 atom stereocenters. The van der Waals surface area contributed by atoms with Crippen molar-refractivity contribution in [1.29, 1.82) is 5.26 Å². The predicted molar refractivity (Wildman–Crippen MR) is 202 cm³/mol. The number of ether oxygens (including phenoxy) is 1. The molecular formula is C40H36N4O5S2. The summed E-state index contributed by atoms with van der Waals surface area (Å²) in [6.45, 7) is 4.03. The van der Waals surface area contributed by atoms with Gasteiger partial charge in [-0.3, -0.25) is 14.4 Å². The molecule has 3 amide bonds. The van der Waals surface area contributed by atoms with Gasteiger partial charge in [0.25, 0.3) is 11.8 Å². The number of thiophene rings is 1. The Balaban J connectivity index is 1.14. The number of carbonyl (C=O) groups excluding carboxylic acids is 3. The lowest BCUT2D eigenvalue weighted by Crippen LogP contribution is -2.30. The summed E-state index contributed by atoms with van der Waals surface area (Å²) in [4.78, 5) is 41.9. The summed E-state index contributed by atoms with van der Waals surface area (Å²) in [6.07, 6.45) is 4.32. The average molecular weight is 717 g/mol. The van der Waals surface area contributed by atoms with Crippen LogP contribution in [0.25, 0.3) is 17.4 Å². The third kappa shape index (κ3) is 8.43. The minimum atomic E-state index is -0.552. The molecule has 3 aromatic carbocycles. The Labute approximate surface area is 304 Å². The number of carbonyl (C=O) groups is 3. The lowest BCUT2D eigenvalue weighted by atomic mass is 9.89. The number of hydrogen-bond donors (Lipinski definition) is 3. The number of nitrogens with one attached hydrogen (secondary N) is 3. The Morgan fingerprint density at radius 3 is 2.49 bits per heavy atom. The molecule has 3 N–H and O–H groups in total. The van der Waals surface area contributed by atoms with Crippen molar-refractivity contribution < 1.29 is 23.5 Å². The van der Waals surface area contributed by atoms with E-state index >= 15 is 0 Å². The van der Waals surface area contributed by atoms with Crippen molar-refractivity contribution in [3.8, 4) is 23.1 Å². The van der Waals surface area contributed by atoms with Crippen LogP contribution < -0.4 is 20.7 Å². The minimum Gasteiger partial charge on any atom is -0.496 e. The molecule has 5 aromatic rings. The highest BCUT2D eigenvalue weighted by atomic mass is 32.2. The maximum atomic E-state index is 13.6. The number of thioether (sulfide) groups is 1. The first-order valence-corrected chi connectivity index (χ1v) is 18.2. The van der Waals surface area contributed by atoms with Crippen LogP contribution in [0.3, 0.4) is 0 Å². The van der Waals surface area contributed by atoms with E-state index in [-0.39, 0.29) is 11.6 Å². The van der Waals surface area contributed by atoms with Crippen molar-refractivity contribution in [3.63, 3.8) is 0 Å². The van der Waals surface area contributed by atoms with Gasteiger partial charge in [0.2, 0.25) is 5.91 Å².